The molecule has 1 aliphatic heterocycles. The summed E-state index contributed by atoms with van der Waals surface area (Å²) in [6.45, 7) is 8.95. The molecule has 1 N–H and O–H groups in total. The van der Waals surface area contributed by atoms with Gasteiger partial charge in [0.15, 0.2) is 0 Å². The van der Waals surface area contributed by atoms with Crippen LogP contribution < -0.4 is 5.32 Å². The van der Waals surface area contributed by atoms with Gasteiger partial charge in [-0.1, -0.05) is 36.8 Å². The highest BCUT2D eigenvalue weighted by Gasteiger charge is 2.41. The highest BCUT2D eigenvalue weighted by Crippen LogP contribution is 2.37. The van der Waals surface area contributed by atoms with Gasteiger partial charge in [-0.3, -0.25) is 4.90 Å². The van der Waals surface area contributed by atoms with Gasteiger partial charge in [0.25, 0.3) is 0 Å². The zero-order valence-corrected chi connectivity index (χ0v) is 15.1. The first-order valence-corrected chi connectivity index (χ1v) is 9.16. The largest absolute Gasteiger partial charge is 0.444 e. The summed E-state index contributed by atoms with van der Waals surface area (Å²) in [5.74, 6) is 1.25. The van der Waals surface area contributed by atoms with Crippen LogP contribution in [0.1, 0.15) is 45.6 Å². The van der Waals surface area contributed by atoms with Crippen LogP contribution in [0.4, 0.5) is 4.79 Å². The number of hydrogen-bond donors (Lipinski definition) is 1. The van der Waals surface area contributed by atoms with Crippen molar-refractivity contribution in [2.45, 2.75) is 58.2 Å². The number of benzene rings is 1. The molecule has 4 nitrogen and oxygen atoms in total. The number of hydrogen-bond acceptors (Lipinski definition) is 3. The van der Waals surface area contributed by atoms with E-state index in [1.54, 1.807) is 0 Å². The Hall–Kier alpha value is -1.55. The molecule has 1 aromatic rings. The molecule has 1 aromatic carbocycles. The van der Waals surface area contributed by atoms with Crippen LogP contribution in [-0.4, -0.2) is 35.7 Å². The monoisotopic (exact) mass is 330 g/mol. The van der Waals surface area contributed by atoms with Gasteiger partial charge in [0.1, 0.15) is 5.60 Å². The van der Waals surface area contributed by atoms with Crippen molar-refractivity contribution < 1.29 is 9.53 Å². The normalized spacial score (nSPS) is 27.5. The van der Waals surface area contributed by atoms with Gasteiger partial charge in [-0.15, -0.1) is 0 Å². The molecule has 1 amide bonds. The molecule has 3 atom stereocenters. The van der Waals surface area contributed by atoms with Gasteiger partial charge in [0.2, 0.25) is 0 Å². The molecule has 2 fully saturated rings. The van der Waals surface area contributed by atoms with Gasteiger partial charge in [-0.05, 0) is 51.0 Å². The van der Waals surface area contributed by atoms with E-state index in [1.807, 2.05) is 20.8 Å². The Kier molecular flexibility index (Phi) is 5.14. The molecular weight excluding hydrogens is 300 g/mol. The van der Waals surface area contributed by atoms with Crippen molar-refractivity contribution in [1.29, 1.82) is 0 Å². The average Bonchev–Trinajstić information content (AvgIpc) is 2.90. The van der Waals surface area contributed by atoms with E-state index < -0.39 is 5.60 Å². The molecule has 2 aliphatic rings. The van der Waals surface area contributed by atoms with Gasteiger partial charge < -0.3 is 10.1 Å². The number of likely N-dealkylation sites (tertiary alicyclic amines) is 1. The van der Waals surface area contributed by atoms with E-state index in [0.29, 0.717) is 11.8 Å². The summed E-state index contributed by atoms with van der Waals surface area (Å²) >= 11 is 0. The number of nitrogens with zero attached hydrogens (tertiary/aromatic N) is 1. The Morgan fingerprint density at radius 1 is 1.21 bits per heavy atom. The van der Waals surface area contributed by atoms with Crippen LogP contribution in [0.5, 0.6) is 0 Å². The summed E-state index contributed by atoms with van der Waals surface area (Å²) in [7, 11) is 0. The second-order valence-corrected chi connectivity index (χ2v) is 8.29. The minimum absolute atomic E-state index is 0.249. The molecule has 132 valence electrons. The first-order valence-electron chi connectivity index (χ1n) is 9.16. The Labute approximate surface area is 145 Å². The molecule has 0 aromatic heterocycles. The molecule has 4 heteroatoms. The SMILES string of the molecule is CC(C)(C)OC(=O)NC1CCCC2CN(Cc3ccccc3)CC21. The molecule has 3 unspecified atom stereocenters. The summed E-state index contributed by atoms with van der Waals surface area (Å²) < 4.78 is 5.45. The third-order valence-corrected chi connectivity index (χ3v) is 5.13. The van der Waals surface area contributed by atoms with Gasteiger partial charge in [-0.2, -0.15) is 0 Å². The van der Waals surface area contributed by atoms with Crippen LogP contribution >= 0.6 is 0 Å². The maximum Gasteiger partial charge on any atom is 0.407 e. The lowest BCUT2D eigenvalue weighted by Crippen LogP contribution is -2.47. The van der Waals surface area contributed by atoms with E-state index in [1.165, 1.54) is 18.4 Å². The van der Waals surface area contributed by atoms with Crippen molar-refractivity contribution in [3.8, 4) is 0 Å². The molecule has 0 radical (unpaired) electrons. The Morgan fingerprint density at radius 2 is 1.96 bits per heavy atom. The molecule has 0 bridgehead atoms. The second kappa shape index (κ2) is 7.14. The first-order chi connectivity index (χ1) is 11.4. The van der Waals surface area contributed by atoms with E-state index in [0.717, 1.165) is 26.1 Å². The first kappa shape index (κ1) is 17.3. The molecule has 0 spiro atoms. The smallest absolute Gasteiger partial charge is 0.407 e. The topological polar surface area (TPSA) is 41.6 Å². The fraction of sp³-hybridized carbons (Fsp3) is 0.650. The van der Waals surface area contributed by atoms with Crippen molar-refractivity contribution in [3.05, 3.63) is 35.9 Å². The van der Waals surface area contributed by atoms with Crippen molar-refractivity contribution in [3.63, 3.8) is 0 Å². The third kappa shape index (κ3) is 4.50. The fourth-order valence-corrected chi connectivity index (χ4v) is 4.17. The lowest BCUT2D eigenvalue weighted by Gasteiger charge is -2.34. The number of rotatable bonds is 3. The van der Waals surface area contributed by atoms with Crippen LogP contribution in [-0.2, 0) is 11.3 Å². The standard InChI is InChI=1S/C20H30N2O2/c1-20(2,3)24-19(23)21-18-11-7-10-16-13-22(14-17(16)18)12-15-8-5-4-6-9-15/h4-6,8-9,16-18H,7,10-14H2,1-3H3,(H,21,23). The molecule has 1 heterocycles. The van der Waals surface area contributed by atoms with Gasteiger partial charge in [-0.25, -0.2) is 4.79 Å². The predicted octanol–water partition coefficient (Wildman–Crippen LogP) is 3.81. The van der Waals surface area contributed by atoms with Crippen LogP contribution in [0.25, 0.3) is 0 Å². The lowest BCUT2D eigenvalue weighted by atomic mass is 9.78. The summed E-state index contributed by atoms with van der Waals surface area (Å²) in [4.78, 5) is 14.7. The lowest BCUT2D eigenvalue weighted by molar-refractivity contribution is 0.0460. The van der Waals surface area contributed by atoms with Gasteiger partial charge in [0, 0.05) is 25.7 Å². The quantitative estimate of drug-likeness (QED) is 0.916. The number of nitrogens with one attached hydrogen (secondary N) is 1. The molecule has 1 aliphatic carbocycles. The van der Waals surface area contributed by atoms with Crippen LogP contribution in [0.15, 0.2) is 30.3 Å². The molecule has 24 heavy (non-hydrogen) atoms. The summed E-state index contributed by atoms with van der Waals surface area (Å²) in [5.41, 5.74) is 0.931. The summed E-state index contributed by atoms with van der Waals surface area (Å²) in [6, 6.07) is 10.9. The predicted molar refractivity (Wildman–Crippen MR) is 95.7 cm³/mol. The van der Waals surface area contributed by atoms with E-state index >= 15 is 0 Å². The minimum atomic E-state index is -0.437. The van der Waals surface area contributed by atoms with Crippen molar-refractivity contribution >= 4 is 6.09 Å². The van der Waals surface area contributed by atoms with Crippen LogP contribution in [0.3, 0.4) is 0 Å². The maximum absolute atomic E-state index is 12.1. The maximum atomic E-state index is 12.1. The molecular formula is C20H30N2O2. The number of amides is 1. The Balaban J connectivity index is 1.58. The summed E-state index contributed by atoms with van der Waals surface area (Å²) in [6.07, 6.45) is 3.28. The van der Waals surface area contributed by atoms with E-state index in [4.69, 9.17) is 4.74 Å². The van der Waals surface area contributed by atoms with E-state index in [2.05, 4.69) is 40.5 Å². The van der Waals surface area contributed by atoms with Crippen molar-refractivity contribution in [2.24, 2.45) is 11.8 Å². The fourth-order valence-electron chi connectivity index (χ4n) is 4.17. The number of carbonyl (C=O) groups is 1. The second-order valence-electron chi connectivity index (χ2n) is 8.29. The summed E-state index contributed by atoms with van der Waals surface area (Å²) in [5, 5.41) is 3.14. The highest BCUT2D eigenvalue weighted by molar-refractivity contribution is 5.68. The minimum Gasteiger partial charge on any atom is -0.444 e. The van der Waals surface area contributed by atoms with E-state index in [-0.39, 0.29) is 12.1 Å². The number of ether oxygens (including phenoxy) is 1. The molecule has 3 rings (SSSR count). The Bertz CT molecular complexity index is 553. The number of carbonyl (C=O) groups excluding carboxylic acids is 1. The van der Waals surface area contributed by atoms with Crippen molar-refractivity contribution in [1.82, 2.24) is 10.2 Å². The average molecular weight is 330 g/mol. The van der Waals surface area contributed by atoms with Crippen molar-refractivity contribution in [2.75, 3.05) is 13.1 Å². The molecule has 1 saturated heterocycles. The zero-order valence-electron chi connectivity index (χ0n) is 15.1. The molecule has 1 saturated carbocycles. The van der Waals surface area contributed by atoms with E-state index in [9.17, 15) is 4.79 Å². The highest BCUT2D eigenvalue weighted by atomic mass is 16.6. The van der Waals surface area contributed by atoms with Crippen LogP contribution in [0.2, 0.25) is 0 Å². The zero-order chi connectivity index (χ0) is 17.2. The third-order valence-electron chi connectivity index (χ3n) is 5.13. The Morgan fingerprint density at radius 3 is 2.67 bits per heavy atom. The van der Waals surface area contributed by atoms with Gasteiger partial charge in [0.05, 0.1) is 0 Å². The van der Waals surface area contributed by atoms with Gasteiger partial charge >= 0.3 is 6.09 Å². The number of fused-ring (bicyclic) bond motifs is 1. The number of alkyl carbamates (subject to hydrolysis) is 1. The van der Waals surface area contributed by atoms with Crippen LogP contribution in [0, 0.1) is 11.8 Å².